The number of carbonyl (C=O) groups is 1. The van der Waals surface area contributed by atoms with Crippen molar-refractivity contribution in [3.8, 4) is 0 Å². The van der Waals surface area contributed by atoms with E-state index >= 15 is 0 Å². The molecule has 2 rings (SSSR count). The van der Waals surface area contributed by atoms with Gasteiger partial charge in [0.15, 0.2) is 0 Å². The van der Waals surface area contributed by atoms with Gasteiger partial charge in [0.2, 0.25) is 0 Å². The van der Waals surface area contributed by atoms with Crippen LogP contribution < -0.4 is 10.6 Å². The van der Waals surface area contributed by atoms with Crippen molar-refractivity contribution in [2.24, 2.45) is 0 Å². The molecule has 0 spiro atoms. The van der Waals surface area contributed by atoms with E-state index in [9.17, 15) is 4.79 Å². The molecule has 0 aliphatic heterocycles. The van der Waals surface area contributed by atoms with Gasteiger partial charge >= 0.3 is 0 Å². The number of halogens is 2. The van der Waals surface area contributed by atoms with E-state index in [1.54, 1.807) is 43.6 Å². The number of methoxy groups -OCH3 is 1. The van der Waals surface area contributed by atoms with Gasteiger partial charge in [-0.05, 0) is 36.8 Å². The highest BCUT2D eigenvalue weighted by molar-refractivity contribution is 6.35. The van der Waals surface area contributed by atoms with E-state index in [-0.39, 0.29) is 5.91 Å². The molecule has 0 saturated carbocycles. The third-order valence-corrected chi connectivity index (χ3v) is 3.58. The van der Waals surface area contributed by atoms with Crippen molar-refractivity contribution in [2.45, 2.75) is 6.42 Å². The molecule has 1 aromatic carbocycles. The first-order valence-electron chi connectivity index (χ1n) is 7.05. The smallest absolute Gasteiger partial charge is 0.269 e. The van der Waals surface area contributed by atoms with E-state index in [4.69, 9.17) is 27.9 Å². The summed E-state index contributed by atoms with van der Waals surface area (Å²) in [4.78, 5) is 16.0. The Hall–Kier alpha value is -1.82. The number of rotatable bonds is 7. The fourth-order valence-corrected chi connectivity index (χ4v) is 2.20. The topological polar surface area (TPSA) is 63.2 Å². The molecule has 2 N–H and O–H groups in total. The quantitative estimate of drug-likeness (QED) is 0.741. The zero-order chi connectivity index (χ0) is 16.7. The van der Waals surface area contributed by atoms with E-state index in [0.717, 1.165) is 6.42 Å². The van der Waals surface area contributed by atoms with E-state index in [1.807, 2.05) is 0 Å². The Morgan fingerprint density at radius 3 is 2.78 bits per heavy atom. The second kappa shape index (κ2) is 8.72. The third-order valence-electron chi connectivity index (χ3n) is 3.01. The van der Waals surface area contributed by atoms with E-state index in [0.29, 0.717) is 40.3 Å². The summed E-state index contributed by atoms with van der Waals surface area (Å²) in [6.45, 7) is 1.16. The van der Waals surface area contributed by atoms with Crippen LogP contribution >= 0.6 is 23.2 Å². The predicted molar refractivity (Wildman–Crippen MR) is 92.8 cm³/mol. The molecule has 23 heavy (non-hydrogen) atoms. The molecule has 1 amide bonds. The van der Waals surface area contributed by atoms with E-state index in [1.165, 1.54) is 0 Å². The van der Waals surface area contributed by atoms with E-state index < -0.39 is 0 Å². The SMILES string of the molecule is COCCCNC(=O)c1ccc(Nc2cc(Cl)ccc2Cl)cn1. The molecular weight excluding hydrogens is 337 g/mol. The van der Waals surface area contributed by atoms with Gasteiger partial charge in [0.25, 0.3) is 5.91 Å². The normalized spacial score (nSPS) is 10.4. The summed E-state index contributed by atoms with van der Waals surface area (Å²) in [5, 5.41) is 7.02. The minimum absolute atomic E-state index is 0.214. The lowest BCUT2D eigenvalue weighted by Gasteiger charge is -2.09. The van der Waals surface area contributed by atoms with Gasteiger partial charge in [-0.3, -0.25) is 4.79 Å². The van der Waals surface area contributed by atoms with Gasteiger partial charge < -0.3 is 15.4 Å². The largest absolute Gasteiger partial charge is 0.385 e. The maximum absolute atomic E-state index is 11.9. The number of benzene rings is 1. The standard InChI is InChI=1S/C16H17Cl2N3O2/c1-23-8-2-7-19-16(22)14-6-4-12(10-20-14)21-15-9-11(17)3-5-13(15)18/h3-6,9-10,21H,2,7-8H2,1H3,(H,19,22). The van der Waals surface area contributed by atoms with Crippen LogP contribution in [0.3, 0.4) is 0 Å². The average molecular weight is 354 g/mol. The molecule has 0 saturated heterocycles. The fraction of sp³-hybridized carbons (Fsp3) is 0.250. The predicted octanol–water partition coefficient (Wildman–Crippen LogP) is 3.90. The lowest BCUT2D eigenvalue weighted by molar-refractivity contribution is 0.0943. The van der Waals surface area contributed by atoms with Crippen LogP contribution in [0.5, 0.6) is 0 Å². The molecular formula is C16H17Cl2N3O2. The number of nitrogens with one attached hydrogen (secondary N) is 2. The summed E-state index contributed by atoms with van der Waals surface area (Å²) in [6.07, 6.45) is 2.33. The van der Waals surface area contributed by atoms with Gasteiger partial charge in [-0.25, -0.2) is 4.98 Å². The molecule has 5 nitrogen and oxygen atoms in total. The second-order valence-electron chi connectivity index (χ2n) is 4.78. The van der Waals surface area contributed by atoms with Gasteiger partial charge in [-0.1, -0.05) is 23.2 Å². The summed E-state index contributed by atoms with van der Waals surface area (Å²) in [5.41, 5.74) is 1.74. The number of hydrogen-bond acceptors (Lipinski definition) is 4. The molecule has 0 unspecified atom stereocenters. The molecule has 0 aliphatic rings. The number of nitrogens with zero attached hydrogens (tertiary/aromatic N) is 1. The average Bonchev–Trinajstić information content (AvgIpc) is 2.55. The molecule has 1 aromatic heterocycles. The minimum atomic E-state index is -0.214. The first-order chi connectivity index (χ1) is 11.1. The Morgan fingerprint density at radius 2 is 2.09 bits per heavy atom. The minimum Gasteiger partial charge on any atom is -0.385 e. The Kier molecular flexibility index (Phi) is 6.65. The lowest BCUT2D eigenvalue weighted by Crippen LogP contribution is -2.26. The third kappa shape index (κ3) is 5.39. The maximum atomic E-state index is 11.9. The van der Waals surface area contributed by atoms with Crippen LogP contribution in [-0.2, 0) is 4.74 Å². The van der Waals surface area contributed by atoms with Crippen LogP contribution in [0.15, 0.2) is 36.5 Å². The van der Waals surface area contributed by atoms with Crippen molar-refractivity contribution < 1.29 is 9.53 Å². The Bertz CT molecular complexity index is 663. The van der Waals surface area contributed by atoms with Gasteiger partial charge in [-0.2, -0.15) is 0 Å². The summed E-state index contributed by atoms with van der Waals surface area (Å²) in [7, 11) is 1.63. The molecule has 0 aliphatic carbocycles. The molecule has 7 heteroatoms. The van der Waals surface area contributed by atoms with Crippen molar-refractivity contribution in [3.63, 3.8) is 0 Å². The number of anilines is 2. The number of amides is 1. The molecule has 0 fully saturated rings. The number of hydrogen-bond donors (Lipinski definition) is 2. The van der Waals surface area contributed by atoms with Crippen molar-refractivity contribution in [3.05, 3.63) is 52.3 Å². The van der Waals surface area contributed by atoms with Crippen molar-refractivity contribution in [2.75, 3.05) is 25.6 Å². The van der Waals surface area contributed by atoms with Gasteiger partial charge in [-0.15, -0.1) is 0 Å². The van der Waals surface area contributed by atoms with Crippen molar-refractivity contribution >= 4 is 40.5 Å². The number of carbonyl (C=O) groups excluding carboxylic acids is 1. The zero-order valence-corrected chi connectivity index (χ0v) is 14.1. The Morgan fingerprint density at radius 1 is 1.26 bits per heavy atom. The summed E-state index contributed by atoms with van der Waals surface area (Å²) < 4.78 is 4.92. The second-order valence-corrected chi connectivity index (χ2v) is 5.63. The van der Waals surface area contributed by atoms with Crippen molar-refractivity contribution in [1.82, 2.24) is 10.3 Å². The van der Waals surface area contributed by atoms with Crippen LogP contribution in [-0.4, -0.2) is 31.2 Å². The fourth-order valence-electron chi connectivity index (χ4n) is 1.86. The number of aromatic nitrogens is 1. The highest BCUT2D eigenvalue weighted by Crippen LogP contribution is 2.28. The van der Waals surface area contributed by atoms with Gasteiger partial charge in [0.05, 0.1) is 22.6 Å². The molecule has 0 atom stereocenters. The van der Waals surface area contributed by atoms with Gasteiger partial charge in [0.1, 0.15) is 5.69 Å². The summed E-state index contributed by atoms with van der Waals surface area (Å²) >= 11 is 12.0. The van der Waals surface area contributed by atoms with Crippen LogP contribution in [0.4, 0.5) is 11.4 Å². The van der Waals surface area contributed by atoms with Crippen molar-refractivity contribution in [1.29, 1.82) is 0 Å². The molecule has 0 bridgehead atoms. The first kappa shape index (κ1) is 17.5. The maximum Gasteiger partial charge on any atom is 0.269 e. The summed E-state index contributed by atoms with van der Waals surface area (Å²) in [6, 6.07) is 8.55. The highest BCUT2D eigenvalue weighted by Gasteiger charge is 2.07. The molecule has 2 aromatic rings. The number of ether oxygens (including phenoxy) is 1. The van der Waals surface area contributed by atoms with Crippen LogP contribution in [0.2, 0.25) is 10.0 Å². The van der Waals surface area contributed by atoms with Crippen LogP contribution in [0.1, 0.15) is 16.9 Å². The molecule has 1 heterocycles. The first-order valence-corrected chi connectivity index (χ1v) is 7.81. The summed E-state index contributed by atoms with van der Waals surface area (Å²) in [5.74, 6) is -0.214. The monoisotopic (exact) mass is 353 g/mol. The molecule has 122 valence electrons. The van der Waals surface area contributed by atoms with Gasteiger partial charge in [0, 0.05) is 25.3 Å². The van der Waals surface area contributed by atoms with E-state index in [2.05, 4.69) is 15.6 Å². The Labute approximate surface area is 145 Å². The van der Waals surface area contributed by atoms with Crippen LogP contribution in [0, 0.1) is 0 Å². The zero-order valence-electron chi connectivity index (χ0n) is 12.6. The highest BCUT2D eigenvalue weighted by atomic mass is 35.5. The Balaban J connectivity index is 1.96. The lowest BCUT2D eigenvalue weighted by atomic mass is 10.2. The van der Waals surface area contributed by atoms with Crippen LogP contribution in [0.25, 0.3) is 0 Å². The molecule has 0 radical (unpaired) electrons. The number of pyridine rings is 1.